The standard InChI is InChI=1S/C19H29FO4Si/c1-18(2,3)25(5,6)24-16-15(23-17(21)19(16,4)20)13-22-12-14-10-8-7-9-11-14/h7-11,15-16H,12-13H2,1-6H3/t15-,16-,19+/m1/s1. The molecule has 1 aliphatic heterocycles. The summed E-state index contributed by atoms with van der Waals surface area (Å²) < 4.78 is 32.1. The first kappa shape index (κ1) is 20.1. The van der Waals surface area contributed by atoms with E-state index in [0.717, 1.165) is 5.56 Å². The number of alkyl halides is 1. The third kappa shape index (κ3) is 4.48. The van der Waals surface area contributed by atoms with Crippen LogP contribution in [0.2, 0.25) is 18.1 Å². The molecule has 1 fully saturated rings. The van der Waals surface area contributed by atoms with Crippen molar-refractivity contribution in [3.05, 3.63) is 35.9 Å². The van der Waals surface area contributed by atoms with Crippen LogP contribution >= 0.6 is 0 Å². The number of ether oxygens (including phenoxy) is 2. The van der Waals surface area contributed by atoms with Crippen molar-refractivity contribution in [3.63, 3.8) is 0 Å². The van der Waals surface area contributed by atoms with Crippen molar-refractivity contribution in [2.75, 3.05) is 6.61 Å². The second-order valence-electron chi connectivity index (χ2n) is 8.32. The number of benzene rings is 1. The molecule has 0 aromatic heterocycles. The van der Waals surface area contributed by atoms with Crippen LogP contribution in [0, 0.1) is 0 Å². The topological polar surface area (TPSA) is 44.8 Å². The maximum atomic E-state index is 15.0. The number of rotatable bonds is 6. The van der Waals surface area contributed by atoms with Gasteiger partial charge in [-0.3, -0.25) is 0 Å². The summed E-state index contributed by atoms with van der Waals surface area (Å²) in [5.74, 6) is -0.871. The first-order chi connectivity index (χ1) is 11.4. The molecule has 6 heteroatoms. The highest BCUT2D eigenvalue weighted by Crippen LogP contribution is 2.42. The first-order valence-corrected chi connectivity index (χ1v) is 11.6. The lowest BCUT2D eigenvalue weighted by Gasteiger charge is -2.40. The fourth-order valence-electron chi connectivity index (χ4n) is 2.45. The monoisotopic (exact) mass is 368 g/mol. The number of carbonyl (C=O) groups is 1. The van der Waals surface area contributed by atoms with E-state index in [-0.39, 0.29) is 11.6 Å². The number of hydrogen-bond donors (Lipinski definition) is 0. The summed E-state index contributed by atoms with van der Waals surface area (Å²) in [6.45, 7) is 12.0. The molecule has 1 aromatic carbocycles. The van der Waals surface area contributed by atoms with Gasteiger partial charge in [0.05, 0.1) is 13.2 Å². The molecule has 4 nitrogen and oxygen atoms in total. The molecule has 140 valence electrons. The van der Waals surface area contributed by atoms with Crippen molar-refractivity contribution in [1.29, 1.82) is 0 Å². The number of halogens is 1. The predicted octanol–water partition coefficient (Wildman–Crippen LogP) is 4.25. The summed E-state index contributed by atoms with van der Waals surface area (Å²) in [5.41, 5.74) is -1.15. The van der Waals surface area contributed by atoms with E-state index in [1.54, 1.807) is 0 Å². The highest BCUT2D eigenvalue weighted by Gasteiger charge is 2.58. The minimum atomic E-state index is -2.26. The highest BCUT2D eigenvalue weighted by atomic mass is 28.4. The van der Waals surface area contributed by atoms with Crippen LogP contribution < -0.4 is 0 Å². The van der Waals surface area contributed by atoms with Gasteiger partial charge in [0.15, 0.2) is 14.4 Å². The second-order valence-corrected chi connectivity index (χ2v) is 13.1. The molecule has 1 aliphatic rings. The molecule has 0 unspecified atom stereocenters. The van der Waals surface area contributed by atoms with Gasteiger partial charge in [-0.2, -0.15) is 0 Å². The van der Waals surface area contributed by atoms with Crippen LogP contribution in [-0.4, -0.2) is 38.8 Å². The Kier molecular flexibility index (Phi) is 5.76. The third-order valence-corrected chi connectivity index (χ3v) is 9.61. The van der Waals surface area contributed by atoms with Crippen LogP contribution in [-0.2, 0) is 25.3 Å². The first-order valence-electron chi connectivity index (χ1n) is 8.64. The summed E-state index contributed by atoms with van der Waals surface area (Å²) >= 11 is 0. The Hall–Kier alpha value is -1.24. The van der Waals surface area contributed by atoms with E-state index < -0.39 is 32.2 Å². The molecule has 0 saturated carbocycles. The van der Waals surface area contributed by atoms with Crippen molar-refractivity contribution < 1.29 is 23.1 Å². The van der Waals surface area contributed by atoms with Gasteiger partial charge in [-0.05, 0) is 30.6 Å². The highest BCUT2D eigenvalue weighted by molar-refractivity contribution is 6.74. The SMILES string of the molecule is CC(C)(C)[Si](C)(C)O[C@@H]1[C@@H](COCc2ccccc2)OC(=O)[C@@]1(C)F. The van der Waals surface area contributed by atoms with Crippen LogP contribution in [0.4, 0.5) is 4.39 Å². The zero-order chi connectivity index (χ0) is 18.9. The lowest BCUT2D eigenvalue weighted by molar-refractivity contribution is -0.150. The van der Waals surface area contributed by atoms with Crippen molar-refractivity contribution in [2.24, 2.45) is 0 Å². The molecule has 3 atom stereocenters. The fourth-order valence-corrected chi connectivity index (χ4v) is 3.81. The van der Waals surface area contributed by atoms with Crippen LogP contribution in [0.25, 0.3) is 0 Å². The van der Waals surface area contributed by atoms with Crippen molar-refractivity contribution in [3.8, 4) is 0 Å². The van der Waals surface area contributed by atoms with Crippen LogP contribution in [0.1, 0.15) is 33.3 Å². The Labute approximate surface area is 150 Å². The predicted molar refractivity (Wildman–Crippen MR) is 97.6 cm³/mol. The van der Waals surface area contributed by atoms with Gasteiger partial charge in [-0.1, -0.05) is 51.1 Å². The van der Waals surface area contributed by atoms with Gasteiger partial charge >= 0.3 is 5.97 Å². The Morgan fingerprint density at radius 1 is 1.24 bits per heavy atom. The maximum absolute atomic E-state index is 15.0. The van der Waals surface area contributed by atoms with Gasteiger partial charge in [-0.25, -0.2) is 9.18 Å². The van der Waals surface area contributed by atoms with E-state index in [1.165, 1.54) is 6.92 Å². The minimum Gasteiger partial charge on any atom is -0.455 e. The number of esters is 1. The Balaban J connectivity index is 2.06. The van der Waals surface area contributed by atoms with Gasteiger partial charge < -0.3 is 13.9 Å². The molecular formula is C19H29FO4Si. The molecule has 25 heavy (non-hydrogen) atoms. The van der Waals surface area contributed by atoms with Gasteiger partial charge in [0.2, 0.25) is 5.67 Å². The molecule has 0 radical (unpaired) electrons. The molecule has 0 spiro atoms. The molecule has 0 aliphatic carbocycles. The summed E-state index contributed by atoms with van der Waals surface area (Å²) in [6.07, 6.45) is -1.68. The van der Waals surface area contributed by atoms with Crippen molar-refractivity contribution in [2.45, 2.75) is 70.3 Å². The molecule has 0 bridgehead atoms. The van der Waals surface area contributed by atoms with E-state index in [1.807, 2.05) is 43.4 Å². The molecule has 0 N–H and O–H groups in total. The fraction of sp³-hybridized carbons (Fsp3) is 0.632. The summed E-state index contributed by atoms with van der Waals surface area (Å²) in [4.78, 5) is 12.0. The van der Waals surface area contributed by atoms with E-state index in [9.17, 15) is 9.18 Å². The molecule has 1 heterocycles. The lowest BCUT2D eigenvalue weighted by Crippen LogP contribution is -2.52. The number of hydrogen-bond acceptors (Lipinski definition) is 4. The smallest absolute Gasteiger partial charge is 0.346 e. The quantitative estimate of drug-likeness (QED) is 0.556. The van der Waals surface area contributed by atoms with E-state index in [2.05, 4.69) is 20.8 Å². The number of carbonyl (C=O) groups excluding carboxylic acids is 1. The largest absolute Gasteiger partial charge is 0.455 e. The molecule has 1 saturated heterocycles. The van der Waals surface area contributed by atoms with Crippen molar-refractivity contribution in [1.82, 2.24) is 0 Å². The minimum absolute atomic E-state index is 0.0931. The molecule has 1 aromatic rings. The van der Waals surface area contributed by atoms with Gasteiger partial charge in [0.1, 0.15) is 6.10 Å². The zero-order valence-corrected chi connectivity index (χ0v) is 17.0. The summed E-state index contributed by atoms with van der Waals surface area (Å²) in [7, 11) is -2.26. The van der Waals surface area contributed by atoms with Crippen LogP contribution in [0.3, 0.4) is 0 Å². The third-order valence-electron chi connectivity index (χ3n) is 5.15. The molecule has 0 amide bonds. The Morgan fingerprint density at radius 2 is 1.84 bits per heavy atom. The van der Waals surface area contributed by atoms with Crippen molar-refractivity contribution >= 4 is 14.3 Å². The second kappa shape index (κ2) is 7.17. The van der Waals surface area contributed by atoms with Gasteiger partial charge in [0, 0.05) is 0 Å². The van der Waals surface area contributed by atoms with Crippen LogP contribution in [0.15, 0.2) is 30.3 Å². The van der Waals surface area contributed by atoms with Gasteiger partial charge in [-0.15, -0.1) is 0 Å². The van der Waals surface area contributed by atoms with E-state index in [4.69, 9.17) is 13.9 Å². The summed E-state index contributed by atoms with van der Waals surface area (Å²) in [6, 6.07) is 9.68. The average Bonchev–Trinajstić information content (AvgIpc) is 2.70. The zero-order valence-electron chi connectivity index (χ0n) is 16.0. The van der Waals surface area contributed by atoms with Gasteiger partial charge in [0.25, 0.3) is 0 Å². The Morgan fingerprint density at radius 3 is 2.40 bits per heavy atom. The average molecular weight is 369 g/mol. The molecule has 2 rings (SSSR count). The van der Waals surface area contributed by atoms with E-state index in [0.29, 0.717) is 6.61 Å². The van der Waals surface area contributed by atoms with E-state index >= 15 is 0 Å². The Bertz CT molecular complexity index is 595. The normalized spacial score (nSPS) is 27.4. The summed E-state index contributed by atoms with van der Waals surface area (Å²) in [5, 5.41) is -0.0931. The number of cyclic esters (lactones) is 1. The molecular weight excluding hydrogens is 339 g/mol. The van der Waals surface area contributed by atoms with Crippen LogP contribution in [0.5, 0.6) is 0 Å². The maximum Gasteiger partial charge on any atom is 0.346 e. The lowest BCUT2D eigenvalue weighted by atomic mass is 10.0.